The molecule has 1 aromatic heterocycles. The first-order valence-corrected chi connectivity index (χ1v) is 7.08. The average Bonchev–Trinajstić information content (AvgIpc) is 2.97. The van der Waals surface area contributed by atoms with Gasteiger partial charge in [-0.15, -0.1) is 0 Å². The lowest BCUT2D eigenvalue weighted by Gasteiger charge is -2.16. The number of rotatable bonds is 7. The number of aromatic nitrogens is 2. The zero-order valence-electron chi connectivity index (χ0n) is 12.3. The fourth-order valence-corrected chi connectivity index (χ4v) is 2.21. The molecule has 116 valence electrons. The first-order valence-electron chi connectivity index (χ1n) is 7.08. The maximum atomic E-state index is 11.9. The second-order valence-electron chi connectivity index (χ2n) is 4.98. The van der Waals surface area contributed by atoms with Gasteiger partial charge in [0.25, 0.3) is 0 Å². The minimum absolute atomic E-state index is 0.0199. The van der Waals surface area contributed by atoms with Crippen molar-refractivity contribution < 1.29 is 9.72 Å². The Morgan fingerprint density at radius 2 is 2.14 bits per heavy atom. The molecule has 1 N–H and O–H groups in total. The van der Waals surface area contributed by atoms with E-state index in [2.05, 4.69) is 17.2 Å². The Bertz CT molecular complexity index is 639. The van der Waals surface area contributed by atoms with Crippen molar-refractivity contribution in [3.8, 4) is 0 Å². The van der Waals surface area contributed by atoms with Crippen LogP contribution in [0, 0.1) is 10.1 Å². The van der Waals surface area contributed by atoms with Gasteiger partial charge in [-0.25, -0.2) is 0 Å². The molecule has 0 spiro atoms. The number of amides is 1. The summed E-state index contributed by atoms with van der Waals surface area (Å²) in [5.74, 6) is -0.201. The molecular formula is C15H18N4O3. The fraction of sp³-hybridized carbons (Fsp3) is 0.333. The normalized spacial score (nSPS) is 11.9. The average molecular weight is 302 g/mol. The quantitative estimate of drug-likeness (QED) is 0.626. The van der Waals surface area contributed by atoms with E-state index in [1.807, 2.05) is 30.3 Å². The molecule has 0 fully saturated rings. The van der Waals surface area contributed by atoms with Gasteiger partial charge in [0, 0.05) is 12.5 Å². The van der Waals surface area contributed by atoms with E-state index in [1.165, 1.54) is 22.7 Å². The highest BCUT2D eigenvalue weighted by atomic mass is 16.6. The molecule has 7 heteroatoms. The molecule has 0 saturated carbocycles. The van der Waals surface area contributed by atoms with E-state index in [0.29, 0.717) is 6.54 Å². The summed E-state index contributed by atoms with van der Waals surface area (Å²) in [5.41, 5.74) is 1.18. The van der Waals surface area contributed by atoms with Crippen molar-refractivity contribution in [2.24, 2.45) is 0 Å². The van der Waals surface area contributed by atoms with E-state index < -0.39 is 4.92 Å². The van der Waals surface area contributed by atoms with Crippen molar-refractivity contribution in [3.05, 3.63) is 58.5 Å². The van der Waals surface area contributed by atoms with Gasteiger partial charge in [0.1, 0.15) is 12.7 Å². The minimum atomic E-state index is -0.586. The second kappa shape index (κ2) is 7.35. The van der Waals surface area contributed by atoms with Crippen LogP contribution in [0.25, 0.3) is 0 Å². The molecule has 0 saturated heterocycles. The van der Waals surface area contributed by atoms with Crippen LogP contribution in [-0.4, -0.2) is 26.9 Å². The number of nitrogens with one attached hydrogen (secondary N) is 1. The SMILES string of the molecule is CCC(CNC(=O)Cn1cnc([N+](=O)[O-])c1)c1ccccc1. The van der Waals surface area contributed by atoms with Crippen molar-refractivity contribution in [2.45, 2.75) is 25.8 Å². The number of nitrogens with zero attached hydrogens (tertiary/aromatic N) is 3. The van der Waals surface area contributed by atoms with Crippen molar-refractivity contribution in [3.63, 3.8) is 0 Å². The Kier molecular flexibility index (Phi) is 5.24. The van der Waals surface area contributed by atoms with Gasteiger partial charge < -0.3 is 20.0 Å². The van der Waals surface area contributed by atoms with E-state index in [-0.39, 0.29) is 24.2 Å². The van der Waals surface area contributed by atoms with Gasteiger partial charge in [0.15, 0.2) is 0 Å². The second-order valence-corrected chi connectivity index (χ2v) is 4.98. The van der Waals surface area contributed by atoms with Gasteiger partial charge in [-0.1, -0.05) is 37.3 Å². The number of imidazole rings is 1. The third-order valence-corrected chi connectivity index (χ3v) is 3.44. The lowest BCUT2D eigenvalue weighted by atomic mass is 9.96. The smallest absolute Gasteiger partial charge is 0.358 e. The van der Waals surface area contributed by atoms with Crippen molar-refractivity contribution in [1.29, 1.82) is 0 Å². The van der Waals surface area contributed by atoms with Gasteiger partial charge >= 0.3 is 5.82 Å². The summed E-state index contributed by atoms with van der Waals surface area (Å²) >= 11 is 0. The van der Waals surface area contributed by atoms with Gasteiger partial charge in [0.2, 0.25) is 12.2 Å². The van der Waals surface area contributed by atoms with Crippen LogP contribution in [-0.2, 0) is 11.3 Å². The lowest BCUT2D eigenvalue weighted by molar-refractivity contribution is -0.389. The van der Waals surface area contributed by atoms with Crippen molar-refractivity contribution in [1.82, 2.24) is 14.9 Å². The molecule has 0 aliphatic carbocycles. The number of nitro groups is 1. The summed E-state index contributed by atoms with van der Waals surface area (Å²) in [5, 5.41) is 13.4. The number of hydrogen-bond donors (Lipinski definition) is 1. The molecule has 1 unspecified atom stereocenters. The van der Waals surface area contributed by atoms with Crippen LogP contribution in [0.3, 0.4) is 0 Å². The standard InChI is InChI=1S/C15H18N4O3/c1-2-12(13-6-4-3-5-7-13)8-16-15(20)10-18-9-14(17-11-18)19(21)22/h3-7,9,11-12H,2,8,10H2,1H3,(H,16,20). The summed E-state index contributed by atoms with van der Waals surface area (Å²) in [4.78, 5) is 25.5. The van der Waals surface area contributed by atoms with E-state index >= 15 is 0 Å². The van der Waals surface area contributed by atoms with Gasteiger partial charge in [-0.3, -0.25) is 4.79 Å². The van der Waals surface area contributed by atoms with Gasteiger partial charge in [-0.05, 0) is 21.9 Å². The van der Waals surface area contributed by atoms with E-state index in [0.717, 1.165) is 6.42 Å². The zero-order chi connectivity index (χ0) is 15.9. The summed E-state index contributed by atoms with van der Waals surface area (Å²) in [6.45, 7) is 2.63. The molecule has 0 bridgehead atoms. The lowest BCUT2D eigenvalue weighted by Crippen LogP contribution is -2.31. The monoisotopic (exact) mass is 302 g/mol. The number of hydrogen-bond acceptors (Lipinski definition) is 4. The van der Waals surface area contributed by atoms with E-state index in [9.17, 15) is 14.9 Å². The van der Waals surface area contributed by atoms with E-state index in [1.54, 1.807) is 0 Å². The predicted molar refractivity (Wildman–Crippen MR) is 81.4 cm³/mol. The summed E-state index contributed by atoms with van der Waals surface area (Å²) in [6.07, 6.45) is 3.45. The molecule has 1 aromatic carbocycles. The predicted octanol–water partition coefficient (Wildman–Crippen LogP) is 2.10. The van der Waals surface area contributed by atoms with Crippen molar-refractivity contribution >= 4 is 11.7 Å². The zero-order valence-corrected chi connectivity index (χ0v) is 12.3. The van der Waals surface area contributed by atoms with Gasteiger partial charge in [-0.2, -0.15) is 0 Å². The largest absolute Gasteiger partial charge is 0.381 e. The highest BCUT2D eigenvalue weighted by Crippen LogP contribution is 2.17. The third-order valence-electron chi connectivity index (χ3n) is 3.44. The molecule has 1 heterocycles. The molecule has 0 aliphatic heterocycles. The number of carbonyl (C=O) groups excluding carboxylic acids is 1. The Hall–Kier alpha value is -2.70. The fourth-order valence-electron chi connectivity index (χ4n) is 2.21. The maximum absolute atomic E-state index is 11.9. The minimum Gasteiger partial charge on any atom is -0.358 e. The van der Waals surface area contributed by atoms with Crippen molar-refractivity contribution in [2.75, 3.05) is 6.54 Å². The van der Waals surface area contributed by atoms with Crippen LogP contribution >= 0.6 is 0 Å². The van der Waals surface area contributed by atoms with Crippen LogP contribution in [0.1, 0.15) is 24.8 Å². The van der Waals surface area contributed by atoms with Crippen LogP contribution in [0.4, 0.5) is 5.82 Å². The molecule has 2 rings (SSSR count). The van der Waals surface area contributed by atoms with Gasteiger partial charge in [0.05, 0.1) is 0 Å². The highest BCUT2D eigenvalue weighted by molar-refractivity contribution is 5.75. The first-order chi connectivity index (χ1) is 10.6. The Balaban J connectivity index is 1.87. The summed E-state index contributed by atoms with van der Waals surface area (Å²) < 4.78 is 1.40. The molecular weight excluding hydrogens is 284 g/mol. The first kappa shape index (κ1) is 15.7. The maximum Gasteiger partial charge on any atom is 0.381 e. The molecule has 22 heavy (non-hydrogen) atoms. The van der Waals surface area contributed by atoms with Crippen LogP contribution in [0.2, 0.25) is 0 Å². The number of benzene rings is 1. The van der Waals surface area contributed by atoms with Crippen LogP contribution in [0.15, 0.2) is 42.9 Å². The Morgan fingerprint density at radius 3 is 2.73 bits per heavy atom. The Labute approximate surface area is 128 Å². The summed E-state index contributed by atoms with van der Waals surface area (Å²) in [6, 6.07) is 9.99. The van der Waals surface area contributed by atoms with Crippen LogP contribution < -0.4 is 5.32 Å². The van der Waals surface area contributed by atoms with Crippen LogP contribution in [0.5, 0.6) is 0 Å². The molecule has 0 aliphatic rings. The highest BCUT2D eigenvalue weighted by Gasteiger charge is 2.14. The Morgan fingerprint density at radius 1 is 1.41 bits per heavy atom. The molecule has 1 atom stereocenters. The summed E-state index contributed by atoms with van der Waals surface area (Å²) in [7, 11) is 0. The molecule has 7 nitrogen and oxygen atoms in total. The third kappa shape index (κ3) is 4.15. The van der Waals surface area contributed by atoms with E-state index in [4.69, 9.17) is 0 Å². The molecule has 0 radical (unpaired) electrons. The number of carbonyl (C=O) groups is 1. The topological polar surface area (TPSA) is 90.1 Å². The molecule has 2 aromatic rings. The molecule has 1 amide bonds.